The number of fused-ring (bicyclic) bond motifs is 6. The van der Waals surface area contributed by atoms with E-state index in [0.717, 1.165) is 49.7 Å². The van der Waals surface area contributed by atoms with Crippen molar-refractivity contribution in [2.45, 2.75) is 0 Å². The summed E-state index contributed by atoms with van der Waals surface area (Å²) < 4.78 is 68.9. The van der Waals surface area contributed by atoms with Gasteiger partial charge in [-0.1, -0.05) is 121 Å². The van der Waals surface area contributed by atoms with Crippen molar-refractivity contribution in [3.63, 3.8) is 0 Å². The highest BCUT2D eigenvalue weighted by atomic mass is 16.3. The van der Waals surface area contributed by atoms with Gasteiger partial charge in [0.2, 0.25) is 0 Å². The number of para-hydroxylation sites is 4. The number of benzene rings is 9. The van der Waals surface area contributed by atoms with Gasteiger partial charge in [0.15, 0.2) is 0 Å². The summed E-state index contributed by atoms with van der Waals surface area (Å²) in [5.41, 5.74) is 5.45. The Bertz CT molecular complexity index is 3260. The second-order valence-electron chi connectivity index (χ2n) is 12.8. The van der Waals surface area contributed by atoms with Crippen molar-refractivity contribution in [3.05, 3.63) is 206 Å². The first-order chi connectivity index (χ1) is 29.2. The molecule has 3 nitrogen and oxygen atoms in total. The van der Waals surface area contributed by atoms with E-state index in [4.69, 9.17) is 9.90 Å². The third-order valence-electron chi connectivity index (χ3n) is 9.64. The van der Waals surface area contributed by atoms with E-state index >= 15 is 0 Å². The Balaban J connectivity index is 1.34. The Morgan fingerprint density at radius 2 is 0.906 bits per heavy atom. The van der Waals surface area contributed by atoms with Crippen molar-refractivity contribution in [2.24, 2.45) is 0 Å². The number of anilines is 6. The van der Waals surface area contributed by atoms with Gasteiger partial charge in [-0.2, -0.15) is 0 Å². The first-order valence-electron chi connectivity index (χ1n) is 20.9. The Hall–Kier alpha value is -7.10. The molecule has 0 amide bonds. The molecule has 0 bridgehead atoms. The van der Waals surface area contributed by atoms with Crippen LogP contribution in [0.25, 0.3) is 54.6 Å². The second kappa shape index (κ2) is 12.9. The molecule has 0 radical (unpaired) electrons. The summed E-state index contributed by atoms with van der Waals surface area (Å²) >= 11 is 0. The molecule has 9 aromatic carbocycles. The maximum absolute atomic E-state index is 9.85. The molecule has 0 unspecified atom stereocenters. The molecule has 0 atom stereocenters. The third kappa shape index (κ3) is 5.47. The van der Waals surface area contributed by atoms with Gasteiger partial charge in [-0.05, 0) is 118 Å². The number of rotatable bonds is 7. The van der Waals surface area contributed by atoms with Crippen molar-refractivity contribution in [1.29, 1.82) is 0 Å². The fraction of sp³-hybridized carbons (Fsp3) is 0. The fourth-order valence-corrected chi connectivity index (χ4v) is 7.29. The minimum absolute atomic E-state index is 0.000153. The molecular weight excluding hydrogens is 645 g/mol. The molecule has 53 heavy (non-hydrogen) atoms. The topological polar surface area (TPSA) is 19.6 Å². The van der Waals surface area contributed by atoms with Crippen molar-refractivity contribution < 1.29 is 14.0 Å². The number of hydrogen-bond donors (Lipinski definition) is 0. The Labute approximate surface area is 318 Å². The van der Waals surface area contributed by atoms with Crippen LogP contribution in [0.15, 0.2) is 211 Å². The predicted octanol–water partition coefficient (Wildman–Crippen LogP) is 14.5. The average Bonchev–Trinajstić information content (AvgIpc) is 3.71. The lowest BCUT2D eigenvalue weighted by atomic mass is 9.92. The molecule has 0 aliphatic heterocycles. The molecule has 0 spiro atoms. The average molecular weight is 686 g/mol. The summed E-state index contributed by atoms with van der Waals surface area (Å²) in [6, 6.07) is 52.1. The molecule has 0 fully saturated rings. The molecule has 10 rings (SSSR count). The zero-order chi connectivity index (χ0) is 41.2. The maximum Gasteiger partial charge on any atom is 0.135 e. The van der Waals surface area contributed by atoms with Crippen LogP contribution in [0.2, 0.25) is 0 Å². The van der Waals surface area contributed by atoms with Gasteiger partial charge < -0.3 is 14.2 Å². The van der Waals surface area contributed by atoms with Gasteiger partial charge in [-0.25, -0.2) is 0 Å². The smallest absolute Gasteiger partial charge is 0.135 e. The van der Waals surface area contributed by atoms with Crippen LogP contribution in [0, 0.1) is 0 Å². The molecule has 250 valence electrons. The van der Waals surface area contributed by atoms with E-state index in [-0.39, 0.29) is 51.8 Å². The Kier molecular flexibility index (Phi) is 5.88. The SMILES string of the molecule is [2H]c1c([2H])c([2H])c2c(oc3c([2H])c([2H])c(N(c4ccccc4)c4cc(-c5cc6ccccc6c6ccccc56)cc(N(c5ccccc5)c5ccccc5)c4)c([2H])c32)c1[2H]. The van der Waals surface area contributed by atoms with E-state index in [0.29, 0.717) is 11.4 Å². The third-order valence-corrected chi connectivity index (χ3v) is 9.64. The lowest BCUT2D eigenvalue weighted by Crippen LogP contribution is -2.13. The van der Waals surface area contributed by atoms with Crippen LogP contribution < -0.4 is 9.80 Å². The number of hydrogen-bond acceptors (Lipinski definition) is 3. The summed E-state index contributed by atoms with van der Waals surface area (Å²) in [6.07, 6.45) is 0. The Morgan fingerprint density at radius 3 is 1.57 bits per heavy atom. The summed E-state index contributed by atoms with van der Waals surface area (Å²) in [6.45, 7) is 0. The monoisotopic (exact) mass is 685 g/mol. The lowest BCUT2D eigenvalue weighted by molar-refractivity contribution is 0.669. The van der Waals surface area contributed by atoms with Crippen molar-refractivity contribution >= 4 is 77.6 Å². The van der Waals surface area contributed by atoms with Crippen LogP contribution in [0.1, 0.15) is 9.60 Å². The second-order valence-corrected chi connectivity index (χ2v) is 12.8. The zero-order valence-electron chi connectivity index (χ0n) is 35.4. The first kappa shape index (κ1) is 24.2. The minimum Gasteiger partial charge on any atom is -0.456 e. The van der Waals surface area contributed by atoms with Crippen molar-refractivity contribution in [2.75, 3.05) is 9.80 Å². The lowest BCUT2D eigenvalue weighted by Gasteiger charge is -2.30. The highest BCUT2D eigenvalue weighted by Crippen LogP contribution is 2.45. The minimum atomic E-state index is -0.478. The van der Waals surface area contributed by atoms with Crippen LogP contribution in [0.3, 0.4) is 0 Å². The molecule has 0 aliphatic rings. The highest BCUT2D eigenvalue weighted by molar-refractivity contribution is 6.14. The summed E-state index contributed by atoms with van der Waals surface area (Å²) in [4.78, 5) is 3.97. The quantitative estimate of drug-likeness (QED) is 0.156. The van der Waals surface area contributed by atoms with Crippen LogP contribution in [-0.4, -0.2) is 0 Å². The van der Waals surface area contributed by atoms with Gasteiger partial charge in [-0.3, -0.25) is 0 Å². The van der Waals surface area contributed by atoms with E-state index in [1.165, 1.54) is 0 Å². The molecule has 0 N–H and O–H groups in total. The van der Waals surface area contributed by atoms with Gasteiger partial charge in [-0.15, -0.1) is 0 Å². The predicted molar refractivity (Wildman–Crippen MR) is 224 cm³/mol. The molecule has 0 saturated carbocycles. The summed E-state index contributed by atoms with van der Waals surface area (Å²) in [5.74, 6) is 0. The molecule has 1 heterocycles. The first-order valence-corrected chi connectivity index (χ1v) is 17.4. The van der Waals surface area contributed by atoms with Gasteiger partial charge in [0, 0.05) is 44.9 Å². The van der Waals surface area contributed by atoms with Crippen molar-refractivity contribution in [1.82, 2.24) is 0 Å². The van der Waals surface area contributed by atoms with Gasteiger partial charge in [0.1, 0.15) is 11.2 Å². The Morgan fingerprint density at radius 1 is 0.377 bits per heavy atom. The van der Waals surface area contributed by atoms with E-state index in [9.17, 15) is 4.11 Å². The van der Waals surface area contributed by atoms with E-state index in [2.05, 4.69) is 65.6 Å². The normalized spacial score (nSPS) is 13.2. The van der Waals surface area contributed by atoms with Gasteiger partial charge in [0.05, 0.1) is 9.60 Å². The zero-order valence-corrected chi connectivity index (χ0v) is 28.4. The fourth-order valence-electron chi connectivity index (χ4n) is 7.29. The standard InChI is InChI=1S/C50H34N2O/c1-4-17-37(18-5-1)51(38-19-6-2-7-20-38)41-30-36(47-32-35-16-10-11-23-43(35)44-24-12-13-25-45(44)47)31-42(33-41)52(39-21-8-3-9-22-39)40-28-29-50-48(34-40)46-26-14-15-27-49(46)53-50/h1-34H/i14D,15D,26D,27D,28D,29D,34D. The summed E-state index contributed by atoms with van der Waals surface area (Å²) in [5, 5.41) is 4.40. The molecule has 0 aliphatic carbocycles. The van der Waals surface area contributed by atoms with Crippen LogP contribution >= 0.6 is 0 Å². The number of nitrogens with zero attached hydrogens (tertiary/aromatic N) is 2. The molecule has 3 heteroatoms. The largest absolute Gasteiger partial charge is 0.456 e. The van der Waals surface area contributed by atoms with Crippen molar-refractivity contribution in [3.8, 4) is 11.1 Å². The number of furan rings is 1. The van der Waals surface area contributed by atoms with Crippen LogP contribution in [0.4, 0.5) is 34.1 Å². The highest BCUT2D eigenvalue weighted by Gasteiger charge is 2.21. The summed E-state index contributed by atoms with van der Waals surface area (Å²) in [7, 11) is 0. The van der Waals surface area contributed by atoms with Gasteiger partial charge >= 0.3 is 0 Å². The molecule has 10 aromatic rings. The van der Waals surface area contributed by atoms with E-state index in [1.54, 1.807) is 4.90 Å². The van der Waals surface area contributed by atoms with Crippen LogP contribution in [-0.2, 0) is 0 Å². The van der Waals surface area contributed by atoms with Gasteiger partial charge in [0.25, 0.3) is 0 Å². The molecule has 0 saturated heterocycles. The molecule has 1 aromatic heterocycles. The maximum atomic E-state index is 9.85. The van der Waals surface area contributed by atoms with Crippen LogP contribution in [0.5, 0.6) is 0 Å². The molecular formula is C50H34N2O. The van der Waals surface area contributed by atoms with E-state index < -0.39 is 18.1 Å². The van der Waals surface area contributed by atoms with E-state index in [1.807, 2.05) is 103 Å².